The van der Waals surface area contributed by atoms with Crippen LogP contribution in [0.2, 0.25) is 0 Å². The number of carbonyl (C=O) groups is 1. The van der Waals surface area contributed by atoms with Gasteiger partial charge in [0.05, 0.1) is 12.7 Å². The van der Waals surface area contributed by atoms with Crippen LogP contribution in [0.3, 0.4) is 0 Å². The summed E-state index contributed by atoms with van der Waals surface area (Å²) >= 11 is 0. The number of halogens is 2. The van der Waals surface area contributed by atoms with Crippen LogP contribution in [0.15, 0.2) is 6.07 Å². The fourth-order valence-corrected chi connectivity index (χ4v) is 1.10. The molecule has 0 saturated heterocycles. The van der Waals surface area contributed by atoms with Crippen LogP contribution in [0.25, 0.3) is 0 Å². The van der Waals surface area contributed by atoms with Crippen molar-refractivity contribution in [1.82, 2.24) is 4.98 Å². The Bertz CT molecular complexity index is 393. The molecule has 6 heteroatoms. The molecule has 15 heavy (non-hydrogen) atoms. The van der Waals surface area contributed by atoms with E-state index in [1.165, 1.54) is 6.92 Å². The normalized spacial score (nSPS) is 10.5. The number of rotatable bonds is 2. The van der Waals surface area contributed by atoms with Crippen LogP contribution < -0.4 is 0 Å². The largest absolute Gasteiger partial charge is 0.505 e. The van der Waals surface area contributed by atoms with E-state index < -0.39 is 29.4 Å². The first kappa shape index (κ1) is 11.4. The number of esters is 1. The van der Waals surface area contributed by atoms with E-state index in [9.17, 15) is 18.7 Å². The zero-order valence-electron chi connectivity index (χ0n) is 8.12. The van der Waals surface area contributed by atoms with Gasteiger partial charge in [0.1, 0.15) is 0 Å². The molecule has 0 saturated carbocycles. The summed E-state index contributed by atoms with van der Waals surface area (Å²) in [5, 5.41) is 9.34. The van der Waals surface area contributed by atoms with Crippen molar-refractivity contribution in [3.8, 4) is 5.75 Å². The number of hydrogen-bond acceptors (Lipinski definition) is 4. The minimum Gasteiger partial charge on any atom is -0.505 e. The molecular weight excluding hydrogens is 208 g/mol. The molecule has 0 aliphatic heterocycles. The Kier molecular flexibility index (Phi) is 3.18. The summed E-state index contributed by atoms with van der Waals surface area (Å²) < 4.78 is 29.1. The van der Waals surface area contributed by atoms with E-state index in [1.54, 1.807) is 0 Å². The topological polar surface area (TPSA) is 59.4 Å². The summed E-state index contributed by atoms with van der Waals surface area (Å²) in [7, 11) is 1.08. The lowest BCUT2D eigenvalue weighted by atomic mass is 10.1. The molecule has 82 valence electrons. The van der Waals surface area contributed by atoms with Gasteiger partial charge < -0.3 is 9.84 Å². The molecule has 1 aromatic rings. The maximum absolute atomic E-state index is 12.4. The number of aryl methyl sites for hydroxylation is 1. The van der Waals surface area contributed by atoms with E-state index in [4.69, 9.17) is 0 Å². The molecule has 0 aliphatic carbocycles. The summed E-state index contributed by atoms with van der Waals surface area (Å²) in [6, 6.07) is 1.02. The summed E-state index contributed by atoms with van der Waals surface area (Å²) in [5.74, 6) is -1.78. The number of ether oxygens (including phenoxy) is 1. The monoisotopic (exact) mass is 217 g/mol. The molecular formula is C9H9F2NO3. The lowest BCUT2D eigenvalue weighted by Crippen LogP contribution is -2.07. The fraction of sp³-hybridized carbons (Fsp3) is 0.333. The lowest BCUT2D eigenvalue weighted by molar-refractivity contribution is 0.0589. The van der Waals surface area contributed by atoms with E-state index >= 15 is 0 Å². The van der Waals surface area contributed by atoms with Gasteiger partial charge in [-0.1, -0.05) is 0 Å². The Hall–Kier alpha value is -1.72. The number of alkyl halides is 2. The van der Waals surface area contributed by atoms with Gasteiger partial charge in [0.15, 0.2) is 11.4 Å². The summed E-state index contributed by atoms with van der Waals surface area (Å²) in [5.41, 5.74) is -0.904. The van der Waals surface area contributed by atoms with Gasteiger partial charge in [-0.15, -0.1) is 0 Å². The predicted molar refractivity (Wildman–Crippen MR) is 46.9 cm³/mol. The Labute approximate surface area is 84.5 Å². The minimum atomic E-state index is -2.87. The van der Waals surface area contributed by atoms with E-state index in [0.717, 1.165) is 13.2 Å². The van der Waals surface area contributed by atoms with Crippen molar-refractivity contribution >= 4 is 5.97 Å². The van der Waals surface area contributed by atoms with Crippen LogP contribution in [0.1, 0.15) is 28.2 Å². The van der Waals surface area contributed by atoms with Gasteiger partial charge in [0.2, 0.25) is 0 Å². The van der Waals surface area contributed by atoms with Gasteiger partial charge in [0, 0.05) is 5.69 Å². The second kappa shape index (κ2) is 4.20. The van der Waals surface area contributed by atoms with Crippen molar-refractivity contribution in [1.29, 1.82) is 0 Å². The molecule has 1 heterocycles. The number of aromatic hydroxyl groups is 1. The molecule has 0 radical (unpaired) electrons. The summed E-state index contributed by atoms with van der Waals surface area (Å²) in [6.07, 6.45) is -2.87. The zero-order chi connectivity index (χ0) is 11.6. The van der Waals surface area contributed by atoms with Gasteiger partial charge in [0.25, 0.3) is 6.43 Å². The summed E-state index contributed by atoms with van der Waals surface area (Å²) in [4.78, 5) is 14.7. The molecule has 1 aromatic heterocycles. The highest BCUT2D eigenvalue weighted by Gasteiger charge is 2.22. The number of methoxy groups -OCH3 is 1. The van der Waals surface area contributed by atoms with Crippen LogP contribution in [-0.4, -0.2) is 23.2 Å². The van der Waals surface area contributed by atoms with E-state index in [1.807, 2.05) is 0 Å². The van der Waals surface area contributed by atoms with Crippen molar-refractivity contribution in [3.63, 3.8) is 0 Å². The maximum Gasteiger partial charge on any atom is 0.360 e. The van der Waals surface area contributed by atoms with Gasteiger partial charge in [-0.25, -0.2) is 18.6 Å². The molecule has 0 aromatic carbocycles. The number of hydrogen-bond donors (Lipinski definition) is 1. The Morgan fingerprint density at radius 3 is 2.67 bits per heavy atom. The first-order valence-corrected chi connectivity index (χ1v) is 4.04. The number of aromatic nitrogens is 1. The fourth-order valence-electron chi connectivity index (χ4n) is 1.10. The minimum absolute atomic E-state index is 0.212. The number of nitrogens with zero attached hydrogens (tertiary/aromatic N) is 1. The third-order valence-corrected chi connectivity index (χ3v) is 1.76. The van der Waals surface area contributed by atoms with Crippen molar-refractivity contribution in [2.45, 2.75) is 13.3 Å². The van der Waals surface area contributed by atoms with Gasteiger partial charge >= 0.3 is 5.97 Å². The Morgan fingerprint density at radius 2 is 2.20 bits per heavy atom. The van der Waals surface area contributed by atoms with Gasteiger partial charge in [-0.2, -0.15) is 0 Å². The zero-order valence-corrected chi connectivity index (χ0v) is 8.12. The highest BCUT2D eigenvalue weighted by molar-refractivity contribution is 5.90. The highest BCUT2D eigenvalue weighted by atomic mass is 19.3. The average Bonchev–Trinajstić information content (AvgIpc) is 2.19. The van der Waals surface area contributed by atoms with E-state index in [-0.39, 0.29) is 5.69 Å². The van der Waals surface area contributed by atoms with Crippen LogP contribution in [0, 0.1) is 6.92 Å². The second-order valence-electron chi connectivity index (χ2n) is 2.84. The molecule has 0 unspecified atom stereocenters. The van der Waals surface area contributed by atoms with Crippen LogP contribution in [0.5, 0.6) is 5.75 Å². The van der Waals surface area contributed by atoms with E-state index in [2.05, 4.69) is 9.72 Å². The second-order valence-corrected chi connectivity index (χ2v) is 2.84. The maximum atomic E-state index is 12.4. The molecule has 1 N–H and O–H groups in total. The smallest absolute Gasteiger partial charge is 0.360 e. The molecule has 0 fully saturated rings. The molecule has 4 nitrogen and oxygen atoms in total. The molecule has 0 bridgehead atoms. The number of carbonyl (C=O) groups excluding carboxylic acids is 1. The van der Waals surface area contributed by atoms with Crippen molar-refractivity contribution in [2.75, 3.05) is 7.11 Å². The van der Waals surface area contributed by atoms with Gasteiger partial charge in [-0.3, -0.25) is 0 Å². The molecule has 0 spiro atoms. The highest BCUT2D eigenvalue weighted by Crippen LogP contribution is 2.31. The molecule has 0 amide bonds. The first-order valence-electron chi connectivity index (χ1n) is 4.04. The third-order valence-electron chi connectivity index (χ3n) is 1.76. The van der Waals surface area contributed by atoms with E-state index in [0.29, 0.717) is 0 Å². The SMILES string of the molecule is COC(=O)c1nc(C)cc(C(F)F)c1O. The van der Waals surface area contributed by atoms with Crippen molar-refractivity contribution in [2.24, 2.45) is 0 Å². The Balaban J connectivity index is 3.34. The molecule has 1 rings (SSSR count). The van der Waals surface area contributed by atoms with Crippen molar-refractivity contribution < 1.29 is 23.4 Å². The van der Waals surface area contributed by atoms with Crippen LogP contribution in [-0.2, 0) is 4.74 Å². The lowest BCUT2D eigenvalue weighted by Gasteiger charge is -2.08. The average molecular weight is 217 g/mol. The van der Waals surface area contributed by atoms with Crippen LogP contribution in [0.4, 0.5) is 8.78 Å². The first-order chi connectivity index (χ1) is 6.97. The summed E-state index contributed by atoms with van der Waals surface area (Å²) in [6.45, 7) is 1.44. The number of pyridine rings is 1. The van der Waals surface area contributed by atoms with Crippen LogP contribution >= 0.6 is 0 Å². The van der Waals surface area contributed by atoms with Crippen molar-refractivity contribution in [3.05, 3.63) is 23.0 Å². The van der Waals surface area contributed by atoms with Gasteiger partial charge in [-0.05, 0) is 13.0 Å². The third kappa shape index (κ3) is 2.20. The quantitative estimate of drug-likeness (QED) is 0.767. The molecule has 0 aliphatic rings. The molecule has 0 atom stereocenters. The Morgan fingerprint density at radius 1 is 1.60 bits per heavy atom. The standard InChI is InChI=1S/C9H9F2NO3/c1-4-3-5(8(10)11)7(13)6(12-4)9(14)15-2/h3,8,13H,1-2H3. The predicted octanol–water partition coefficient (Wildman–Crippen LogP) is 1.82.